The maximum Gasteiger partial charge on any atom is 0.140 e. The zero-order valence-electron chi connectivity index (χ0n) is 21.7. The number of hydrogen-bond donors (Lipinski definition) is 0. The summed E-state index contributed by atoms with van der Waals surface area (Å²) in [5.41, 5.74) is 8.38. The predicted molar refractivity (Wildman–Crippen MR) is 148 cm³/mol. The van der Waals surface area contributed by atoms with E-state index < -0.39 is 0 Å². The van der Waals surface area contributed by atoms with Gasteiger partial charge < -0.3 is 14.4 Å². The van der Waals surface area contributed by atoms with E-state index in [-0.39, 0.29) is 0 Å². The van der Waals surface area contributed by atoms with Gasteiger partial charge in [0.1, 0.15) is 5.82 Å². The van der Waals surface area contributed by atoms with E-state index in [1.54, 1.807) is 0 Å². The molecule has 3 aromatic carbocycles. The molecule has 1 aliphatic rings. The molecule has 0 amide bonds. The minimum Gasteiger partial charge on any atom is -0.378 e. The van der Waals surface area contributed by atoms with Gasteiger partial charge in [-0.3, -0.25) is 4.90 Å². The number of benzene rings is 3. The summed E-state index contributed by atoms with van der Waals surface area (Å²) in [5.74, 6) is 0.996. The molecule has 182 valence electrons. The first kappa shape index (κ1) is 23.6. The molecule has 1 saturated heterocycles. The highest BCUT2D eigenvalue weighted by Crippen LogP contribution is 2.29. The van der Waals surface area contributed by atoms with E-state index in [0.717, 1.165) is 35.0 Å². The van der Waals surface area contributed by atoms with Crippen LogP contribution in [0.15, 0.2) is 66.7 Å². The number of aromatic nitrogens is 2. The molecule has 0 bridgehead atoms. The van der Waals surface area contributed by atoms with Crippen molar-refractivity contribution in [1.82, 2.24) is 19.4 Å². The summed E-state index contributed by atoms with van der Waals surface area (Å²) in [6, 6.07) is 25.0. The first-order valence-electron chi connectivity index (χ1n) is 12.6. The third-order valence-corrected chi connectivity index (χ3v) is 7.50. The zero-order chi connectivity index (χ0) is 24.5. The van der Waals surface area contributed by atoms with Gasteiger partial charge in [-0.2, -0.15) is 0 Å². The molecule has 0 radical (unpaired) electrons. The molecule has 1 aliphatic heterocycles. The van der Waals surface area contributed by atoms with Crippen molar-refractivity contribution in [3.8, 4) is 22.5 Å². The molecular formula is C30H37N5. The lowest BCUT2D eigenvalue weighted by Gasteiger charge is -2.35. The van der Waals surface area contributed by atoms with Crippen LogP contribution in [0.2, 0.25) is 0 Å². The predicted octanol–water partition coefficient (Wildman–Crippen LogP) is 5.50. The van der Waals surface area contributed by atoms with Gasteiger partial charge in [0.2, 0.25) is 0 Å². The van der Waals surface area contributed by atoms with Crippen molar-refractivity contribution >= 4 is 16.7 Å². The SMILES string of the molecule is CN(C)c1ccc(-c2nc3ccc(-c4ccc(CN5CCC(N(C)C)CC5)cc4)cc3n2C)cc1. The molecule has 0 saturated carbocycles. The standard InChI is InChI=1S/C30H37N5/c1-32(2)26-13-10-24(11-14-26)30-31-28-15-12-25(20-29(28)34(30)5)23-8-6-22(7-9-23)21-35-18-16-27(17-19-35)33(3)4/h6-15,20,27H,16-19,21H2,1-5H3. The molecule has 0 N–H and O–H groups in total. The number of likely N-dealkylation sites (tertiary alicyclic amines) is 1. The lowest BCUT2D eigenvalue weighted by molar-refractivity contribution is 0.140. The Morgan fingerprint density at radius 2 is 1.43 bits per heavy atom. The lowest BCUT2D eigenvalue weighted by Crippen LogP contribution is -2.41. The zero-order valence-corrected chi connectivity index (χ0v) is 21.7. The Labute approximate surface area is 209 Å². The molecule has 0 spiro atoms. The number of imidazole rings is 1. The number of fused-ring (bicyclic) bond motifs is 1. The third kappa shape index (κ3) is 4.97. The Bertz CT molecular complexity index is 1280. The maximum atomic E-state index is 4.93. The van der Waals surface area contributed by atoms with E-state index in [9.17, 15) is 0 Å². The van der Waals surface area contributed by atoms with Crippen molar-refractivity contribution in [2.45, 2.75) is 25.4 Å². The summed E-state index contributed by atoms with van der Waals surface area (Å²) in [4.78, 5) is 12.0. The molecule has 4 aromatic rings. The van der Waals surface area contributed by atoms with Crippen LogP contribution in [0.1, 0.15) is 18.4 Å². The van der Waals surface area contributed by atoms with Crippen molar-refractivity contribution in [1.29, 1.82) is 0 Å². The van der Waals surface area contributed by atoms with E-state index in [4.69, 9.17) is 4.98 Å². The molecular weight excluding hydrogens is 430 g/mol. The van der Waals surface area contributed by atoms with E-state index >= 15 is 0 Å². The monoisotopic (exact) mass is 467 g/mol. The van der Waals surface area contributed by atoms with Gasteiger partial charge in [-0.1, -0.05) is 30.3 Å². The van der Waals surface area contributed by atoms with E-state index in [1.165, 1.54) is 48.3 Å². The quantitative estimate of drug-likeness (QED) is 0.374. The maximum absolute atomic E-state index is 4.93. The first-order chi connectivity index (χ1) is 16.9. The van der Waals surface area contributed by atoms with Crippen molar-refractivity contribution in [2.75, 3.05) is 46.2 Å². The molecule has 35 heavy (non-hydrogen) atoms. The Balaban J connectivity index is 1.32. The summed E-state index contributed by atoms with van der Waals surface area (Å²) in [6.07, 6.45) is 2.52. The summed E-state index contributed by atoms with van der Waals surface area (Å²) in [6.45, 7) is 3.40. The van der Waals surface area contributed by atoms with Crippen LogP contribution in [0.4, 0.5) is 5.69 Å². The second-order valence-corrected chi connectivity index (χ2v) is 10.3. The normalized spacial score (nSPS) is 15.3. The second-order valence-electron chi connectivity index (χ2n) is 10.3. The molecule has 0 aliphatic carbocycles. The van der Waals surface area contributed by atoms with Crippen molar-refractivity contribution in [2.24, 2.45) is 7.05 Å². The number of hydrogen-bond acceptors (Lipinski definition) is 4. The molecule has 1 aromatic heterocycles. The molecule has 5 rings (SSSR count). The fourth-order valence-electron chi connectivity index (χ4n) is 5.19. The minimum atomic E-state index is 0.730. The van der Waals surface area contributed by atoms with Gasteiger partial charge in [0.25, 0.3) is 0 Å². The average molecular weight is 468 g/mol. The first-order valence-corrected chi connectivity index (χ1v) is 12.6. The highest BCUT2D eigenvalue weighted by Gasteiger charge is 2.20. The third-order valence-electron chi connectivity index (χ3n) is 7.50. The summed E-state index contributed by atoms with van der Waals surface area (Å²) < 4.78 is 2.20. The van der Waals surface area contributed by atoms with Gasteiger partial charge in [-0.25, -0.2) is 4.98 Å². The number of aryl methyl sites for hydroxylation is 1. The topological polar surface area (TPSA) is 27.5 Å². The minimum absolute atomic E-state index is 0.730. The number of piperidine rings is 1. The highest BCUT2D eigenvalue weighted by molar-refractivity contribution is 5.85. The number of anilines is 1. The number of nitrogens with zero attached hydrogens (tertiary/aromatic N) is 5. The summed E-state index contributed by atoms with van der Waals surface area (Å²) in [7, 11) is 10.6. The van der Waals surface area contributed by atoms with E-state index in [2.05, 4.69) is 121 Å². The van der Waals surface area contributed by atoms with Crippen molar-refractivity contribution in [3.05, 3.63) is 72.3 Å². The van der Waals surface area contributed by atoms with Crippen molar-refractivity contribution < 1.29 is 0 Å². The summed E-state index contributed by atoms with van der Waals surface area (Å²) in [5, 5.41) is 0. The lowest BCUT2D eigenvalue weighted by atomic mass is 10.0. The fourth-order valence-corrected chi connectivity index (χ4v) is 5.19. The van der Waals surface area contributed by atoms with Crippen LogP contribution in [-0.4, -0.2) is 66.7 Å². The van der Waals surface area contributed by atoms with Gasteiger partial charge in [-0.05, 0) is 93.1 Å². The van der Waals surface area contributed by atoms with Gasteiger partial charge in [0.15, 0.2) is 0 Å². The van der Waals surface area contributed by atoms with Crippen LogP contribution in [0, 0.1) is 0 Å². The molecule has 1 fully saturated rings. The fraction of sp³-hybridized carbons (Fsp3) is 0.367. The van der Waals surface area contributed by atoms with Crippen LogP contribution in [0.25, 0.3) is 33.5 Å². The van der Waals surface area contributed by atoms with Crippen LogP contribution >= 0.6 is 0 Å². The van der Waals surface area contributed by atoms with Crippen LogP contribution < -0.4 is 4.90 Å². The van der Waals surface area contributed by atoms with Gasteiger partial charge >= 0.3 is 0 Å². The highest BCUT2D eigenvalue weighted by atomic mass is 15.2. The number of rotatable bonds is 6. The average Bonchev–Trinajstić information content (AvgIpc) is 3.20. The Morgan fingerprint density at radius 1 is 0.800 bits per heavy atom. The molecule has 5 heteroatoms. The Morgan fingerprint density at radius 3 is 2.06 bits per heavy atom. The van der Waals surface area contributed by atoms with E-state index in [0.29, 0.717) is 0 Å². The molecule has 0 unspecified atom stereocenters. The van der Waals surface area contributed by atoms with Crippen LogP contribution in [0.3, 0.4) is 0 Å². The largest absolute Gasteiger partial charge is 0.378 e. The van der Waals surface area contributed by atoms with Crippen LogP contribution in [-0.2, 0) is 13.6 Å². The smallest absolute Gasteiger partial charge is 0.140 e. The van der Waals surface area contributed by atoms with Crippen molar-refractivity contribution in [3.63, 3.8) is 0 Å². The second kappa shape index (κ2) is 9.84. The molecule has 5 nitrogen and oxygen atoms in total. The Kier molecular flexibility index (Phi) is 6.63. The molecule has 2 heterocycles. The van der Waals surface area contributed by atoms with E-state index in [1.807, 2.05) is 0 Å². The van der Waals surface area contributed by atoms with Gasteiger partial charge in [-0.15, -0.1) is 0 Å². The van der Waals surface area contributed by atoms with Gasteiger partial charge in [0, 0.05) is 45.0 Å². The molecule has 0 atom stereocenters. The Hall–Kier alpha value is -3.15. The van der Waals surface area contributed by atoms with Gasteiger partial charge in [0.05, 0.1) is 11.0 Å². The van der Waals surface area contributed by atoms with Crippen LogP contribution in [0.5, 0.6) is 0 Å². The summed E-state index contributed by atoms with van der Waals surface area (Å²) >= 11 is 0.